The molecular formula is C9H18N2O3. The zero-order valence-corrected chi connectivity index (χ0v) is 8.93. The smallest absolute Gasteiger partial charge is 0.341 e. The number of carbonyl (C=O) groups is 1. The summed E-state index contributed by atoms with van der Waals surface area (Å²) < 4.78 is 0. The van der Waals surface area contributed by atoms with Crippen LogP contribution in [0.3, 0.4) is 0 Å². The molecule has 0 aromatic heterocycles. The first-order valence-electron chi connectivity index (χ1n) is 4.60. The molecule has 0 aliphatic carbocycles. The SMILES string of the molecule is CCC(=O)OO.CCN1C=CN(C)C1. The van der Waals surface area contributed by atoms with Crippen molar-refractivity contribution in [2.45, 2.75) is 20.3 Å². The van der Waals surface area contributed by atoms with Gasteiger partial charge in [-0.3, -0.25) is 0 Å². The van der Waals surface area contributed by atoms with Gasteiger partial charge in [-0.15, -0.1) is 0 Å². The van der Waals surface area contributed by atoms with Crippen molar-refractivity contribution in [1.29, 1.82) is 0 Å². The molecule has 5 nitrogen and oxygen atoms in total. The van der Waals surface area contributed by atoms with Gasteiger partial charge in [0.05, 0.1) is 6.67 Å². The van der Waals surface area contributed by atoms with E-state index < -0.39 is 5.97 Å². The highest BCUT2D eigenvalue weighted by atomic mass is 17.1. The Labute approximate surface area is 84.5 Å². The van der Waals surface area contributed by atoms with E-state index in [1.54, 1.807) is 6.92 Å². The van der Waals surface area contributed by atoms with Gasteiger partial charge in [0.2, 0.25) is 0 Å². The molecule has 0 atom stereocenters. The van der Waals surface area contributed by atoms with Gasteiger partial charge in [-0.25, -0.2) is 4.79 Å². The summed E-state index contributed by atoms with van der Waals surface area (Å²) in [4.78, 5) is 17.4. The Kier molecular flexibility index (Phi) is 6.57. The molecule has 1 N–H and O–H groups in total. The van der Waals surface area contributed by atoms with Crippen LogP contribution < -0.4 is 0 Å². The fourth-order valence-electron chi connectivity index (χ4n) is 0.859. The Bertz CT molecular complexity index is 188. The van der Waals surface area contributed by atoms with E-state index in [1.807, 2.05) is 0 Å². The molecule has 0 amide bonds. The Hall–Kier alpha value is -1.23. The van der Waals surface area contributed by atoms with Crippen molar-refractivity contribution in [3.63, 3.8) is 0 Å². The van der Waals surface area contributed by atoms with E-state index in [0.29, 0.717) is 0 Å². The second kappa shape index (κ2) is 7.20. The van der Waals surface area contributed by atoms with Crippen molar-refractivity contribution in [2.75, 3.05) is 20.3 Å². The first kappa shape index (κ1) is 12.8. The molecule has 0 unspecified atom stereocenters. The lowest BCUT2D eigenvalue weighted by molar-refractivity contribution is -0.233. The van der Waals surface area contributed by atoms with E-state index in [-0.39, 0.29) is 6.42 Å². The highest BCUT2D eigenvalue weighted by molar-refractivity contribution is 5.67. The Balaban J connectivity index is 0.000000255. The zero-order valence-electron chi connectivity index (χ0n) is 8.93. The average Bonchev–Trinajstić information content (AvgIpc) is 2.64. The van der Waals surface area contributed by atoms with Gasteiger partial charge in [0.1, 0.15) is 0 Å². The topological polar surface area (TPSA) is 53.0 Å². The minimum Gasteiger partial charge on any atom is -0.362 e. The molecule has 1 rings (SSSR count). The van der Waals surface area contributed by atoms with E-state index >= 15 is 0 Å². The Morgan fingerprint density at radius 1 is 1.50 bits per heavy atom. The van der Waals surface area contributed by atoms with Gasteiger partial charge in [0.15, 0.2) is 0 Å². The van der Waals surface area contributed by atoms with E-state index in [4.69, 9.17) is 5.26 Å². The van der Waals surface area contributed by atoms with Crippen LogP contribution in [0.4, 0.5) is 0 Å². The molecular weight excluding hydrogens is 184 g/mol. The molecule has 0 saturated carbocycles. The van der Waals surface area contributed by atoms with Gasteiger partial charge in [-0.2, -0.15) is 5.26 Å². The maximum atomic E-state index is 9.71. The molecule has 0 fully saturated rings. The summed E-state index contributed by atoms with van der Waals surface area (Å²) in [5, 5.41) is 7.49. The summed E-state index contributed by atoms with van der Waals surface area (Å²) >= 11 is 0. The number of hydrogen-bond acceptors (Lipinski definition) is 5. The standard InChI is InChI=1S/C6H12N2.C3H6O3/c1-3-8-5-4-7(2)6-8;1-2-3(4)6-5/h4-5H,3,6H2,1-2H3;5H,2H2,1H3. The monoisotopic (exact) mass is 202 g/mol. The Morgan fingerprint density at radius 2 is 2.14 bits per heavy atom. The second-order valence-electron chi connectivity index (χ2n) is 2.92. The number of hydrogen-bond donors (Lipinski definition) is 1. The van der Waals surface area contributed by atoms with Crippen LogP contribution in [0.2, 0.25) is 0 Å². The molecule has 82 valence electrons. The summed E-state index contributed by atoms with van der Waals surface area (Å²) in [6, 6.07) is 0. The Morgan fingerprint density at radius 3 is 2.29 bits per heavy atom. The van der Waals surface area contributed by atoms with Crippen molar-refractivity contribution < 1.29 is 14.9 Å². The van der Waals surface area contributed by atoms with Crippen molar-refractivity contribution in [3.8, 4) is 0 Å². The highest BCUT2D eigenvalue weighted by Gasteiger charge is 2.03. The van der Waals surface area contributed by atoms with Crippen molar-refractivity contribution >= 4 is 5.97 Å². The van der Waals surface area contributed by atoms with Crippen molar-refractivity contribution in [2.24, 2.45) is 0 Å². The van der Waals surface area contributed by atoms with Gasteiger partial charge >= 0.3 is 5.97 Å². The van der Waals surface area contributed by atoms with Crippen LogP contribution in [-0.2, 0) is 9.68 Å². The van der Waals surface area contributed by atoms with Crippen molar-refractivity contribution in [3.05, 3.63) is 12.4 Å². The lowest BCUT2D eigenvalue weighted by Crippen LogP contribution is -2.21. The van der Waals surface area contributed by atoms with E-state index in [2.05, 4.69) is 41.1 Å². The first-order valence-corrected chi connectivity index (χ1v) is 4.60. The summed E-state index contributed by atoms with van der Waals surface area (Å²) in [5.41, 5.74) is 0. The van der Waals surface area contributed by atoms with E-state index in [0.717, 1.165) is 13.2 Å². The van der Waals surface area contributed by atoms with Crippen LogP contribution >= 0.6 is 0 Å². The molecule has 0 aromatic carbocycles. The fourth-order valence-corrected chi connectivity index (χ4v) is 0.859. The van der Waals surface area contributed by atoms with Gasteiger partial charge in [-0.05, 0) is 6.92 Å². The van der Waals surface area contributed by atoms with E-state index in [9.17, 15) is 4.79 Å². The van der Waals surface area contributed by atoms with Crippen LogP contribution in [0.5, 0.6) is 0 Å². The summed E-state index contributed by atoms with van der Waals surface area (Å²) in [6.45, 7) is 5.92. The first-order chi connectivity index (χ1) is 6.63. The molecule has 0 saturated heterocycles. The third kappa shape index (κ3) is 5.42. The van der Waals surface area contributed by atoms with Gasteiger partial charge in [-0.1, -0.05) is 6.92 Å². The molecule has 1 aliphatic heterocycles. The van der Waals surface area contributed by atoms with Crippen LogP contribution in [0, 0.1) is 0 Å². The minimum atomic E-state index is -0.602. The highest BCUT2D eigenvalue weighted by Crippen LogP contribution is 2.00. The number of rotatable bonds is 2. The third-order valence-electron chi connectivity index (χ3n) is 1.73. The predicted octanol–water partition coefficient (Wildman–Crippen LogP) is 1.10. The number of carbonyl (C=O) groups excluding carboxylic acids is 1. The lowest BCUT2D eigenvalue weighted by Gasteiger charge is -2.14. The van der Waals surface area contributed by atoms with Crippen LogP contribution in [0.15, 0.2) is 12.4 Å². The molecule has 0 bridgehead atoms. The summed E-state index contributed by atoms with van der Waals surface area (Å²) in [6.07, 6.45) is 4.42. The minimum absolute atomic E-state index is 0.219. The maximum absolute atomic E-state index is 9.71. The van der Waals surface area contributed by atoms with Gasteiger partial charge in [0.25, 0.3) is 0 Å². The normalized spacial score (nSPS) is 13.7. The molecule has 0 aromatic rings. The maximum Gasteiger partial charge on any atom is 0.341 e. The van der Waals surface area contributed by atoms with E-state index in [1.165, 1.54) is 0 Å². The van der Waals surface area contributed by atoms with Crippen LogP contribution in [-0.4, -0.2) is 41.3 Å². The summed E-state index contributed by atoms with van der Waals surface area (Å²) in [5.74, 6) is -0.602. The summed E-state index contributed by atoms with van der Waals surface area (Å²) in [7, 11) is 2.08. The quantitative estimate of drug-likeness (QED) is 0.536. The molecule has 0 radical (unpaired) electrons. The predicted molar refractivity (Wildman–Crippen MR) is 53.2 cm³/mol. The lowest BCUT2D eigenvalue weighted by atomic mass is 10.5. The van der Waals surface area contributed by atoms with Gasteiger partial charge in [0, 0.05) is 32.4 Å². The fraction of sp³-hybridized carbons (Fsp3) is 0.667. The molecule has 0 spiro atoms. The molecule has 1 heterocycles. The average molecular weight is 202 g/mol. The third-order valence-corrected chi connectivity index (χ3v) is 1.73. The zero-order chi connectivity index (χ0) is 11.0. The second-order valence-corrected chi connectivity index (χ2v) is 2.92. The molecule has 5 heteroatoms. The number of nitrogens with zero attached hydrogens (tertiary/aromatic N) is 2. The largest absolute Gasteiger partial charge is 0.362 e. The van der Waals surface area contributed by atoms with Gasteiger partial charge < -0.3 is 14.7 Å². The molecule has 1 aliphatic rings. The molecule has 14 heavy (non-hydrogen) atoms. The van der Waals surface area contributed by atoms with Crippen LogP contribution in [0.25, 0.3) is 0 Å². The van der Waals surface area contributed by atoms with Crippen LogP contribution in [0.1, 0.15) is 20.3 Å². The van der Waals surface area contributed by atoms with Crippen molar-refractivity contribution in [1.82, 2.24) is 9.80 Å².